The number of rotatable bonds is 4. The number of hydrogen-bond donors (Lipinski definition) is 2. The summed E-state index contributed by atoms with van der Waals surface area (Å²) < 4.78 is 6.76. The van der Waals surface area contributed by atoms with Gasteiger partial charge in [-0.2, -0.15) is 0 Å². The predicted molar refractivity (Wildman–Crippen MR) is 74.8 cm³/mol. The first-order valence-electron chi connectivity index (χ1n) is 5.06. The van der Waals surface area contributed by atoms with Crippen molar-refractivity contribution in [1.82, 2.24) is 0 Å². The smallest absolute Gasteiger partial charge is 0.372 e. The van der Waals surface area contributed by atoms with Crippen molar-refractivity contribution in [2.24, 2.45) is 0 Å². The van der Waals surface area contributed by atoms with Crippen molar-refractivity contribution in [3.8, 4) is 0 Å². The van der Waals surface area contributed by atoms with Gasteiger partial charge in [-0.1, -0.05) is 15.9 Å². The van der Waals surface area contributed by atoms with E-state index in [1.165, 1.54) is 6.26 Å². The van der Waals surface area contributed by atoms with Gasteiger partial charge in [0, 0.05) is 26.7 Å². The van der Waals surface area contributed by atoms with Gasteiger partial charge < -0.3 is 14.8 Å². The van der Waals surface area contributed by atoms with Gasteiger partial charge in [0.25, 0.3) is 0 Å². The molecule has 2 N–H and O–H groups in total. The number of hydrogen-bond acceptors (Lipinski definition) is 3. The molecule has 4 nitrogen and oxygen atoms in total. The van der Waals surface area contributed by atoms with Crippen LogP contribution in [-0.2, 0) is 6.54 Å². The van der Waals surface area contributed by atoms with Crippen LogP contribution in [0.5, 0.6) is 0 Å². The van der Waals surface area contributed by atoms with E-state index in [1.807, 2.05) is 18.2 Å². The molecular formula is C12H9Br2NO3. The summed E-state index contributed by atoms with van der Waals surface area (Å²) in [5.74, 6) is -1.10. The molecule has 1 heterocycles. The van der Waals surface area contributed by atoms with E-state index in [-0.39, 0.29) is 5.76 Å². The van der Waals surface area contributed by atoms with Crippen LogP contribution in [0, 0.1) is 0 Å². The topological polar surface area (TPSA) is 62.5 Å². The SMILES string of the molecule is O=C(O)c1occc1CNc1cc(Br)ccc1Br. The number of furan rings is 1. The lowest BCUT2D eigenvalue weighted by Gasteiger charge is -2.08. The van der Waals surface area contributed by atoms with Gasteiger partial charge in [0.05, 0.1) is 6.26 Å². The Bertz CT molecular complexity index is 580. The molecule has 0 aliphatic heterocycles. The number of carboxylic acid groups (broad SMARTS) is 1. The molecule has 1 aromatic carbocycles. The predicted octanol–water partition coefficient (Wildman–Crippen LogP) is 4.11. The molecular weight excluding hydrogens is 366 g/mol. The normalized spacial score (nSPS) is 10.3. The first-order valence-corrected chi connectivity index (χ1v) is 6.65. The first-order chi connectivity index (χ1) is 8.58. The minimum atomic E-state index is -1.06. The standard InChI is InChI=1S/C12H9Br2NO3/c13-8-1-2-9(14)10(5-8)15-6-7-3-4-18-11(7)12(16)17/h1-5,15H,6H2,(H,16,17). The maximum Gasteiger partial charge on any atom is 0.372 e. The lowest BCUT2D eigenvalue weighted by Crippen LogP contribution is -2.05. The van der Waals surface area contributed by atoms with Gasteiger partial charge in [0.2, 0.25) is 5.76 Å². The molecule has 0 amide bonds. The minimum Gasteiger partial charge on any atom is -0.475 e. The van der Waals surface area contributed by atoms with Crippen LogP contribution < -0.4 is 5.32 Å². The third kappa shape index (κ3) is 2.94. The number of nitrogens with one attached hydrogen (secondary N) is 1. The first kappa shape index (κ1) is 13.2. The van der Waals surface area contributed by atoms with Gasteiger partial charge in [-0.3, -0.25) is 0 Å². The monoisotopic (exact) mass is 373 g/mol. The highest BCUT2D eigenvalue weighted by Crippen LogP contribution is 2.27. The average Bonchev–Trinajstić information content (AvgIpc) is 2.79. The third-order valence-electron chi connectivity index (χ3n) is 2.34. The lowest BCUT2D eigenvalue weighted by molar-refractivity contribution is 0.0661. The minimum absolute atomic E-state index is 0.0337. The molecule has 0 saturated carbocycles. The molecule has 0 unspecified atom stereocenters. The Labute approximate surface area is 120 Å². The molecule has 0 bridgehead atoms. The van der Waals surface area contributed by atoms with Crippen molar-refractivity contribution < 1.29 is 14.3 Å². The van der Waals surface area contributed by atoms with E-state index in [0.29, 0.717) is 12.1 Å². The van der Waals surface area contributed by atoms with Crippen LogP contribution in [0.1, 0.15) is 16.1 Å². The Balaban J connectivity index is 2.14. The van der Waals surface area contributed by atoms with Crippen LogP contribution in [0.15, 0.2) is 43.9 Å². The largest absolute Gasteiger partial charge is 0.475 e. The molecule has 0 saturated heterocycles. The quantitative estimate of drug-likeness (QED) is 0.845. The highest BCUT2D eigenvalue weighted by Gasteiger charge is 2.13. The molecule has 0 aliphatic rings. The highest BCUT2D eigenvalue weighted by atomic mass is 79.9. The van der Waals surface area contributed by atoms with Crippen molar-refractivity contribution in [3.05, 3.63) is 50.8 Å². The van der Waals surface area contributed by atoms with Gasteiger partial charge in [-0.15, -0.1) is 0 Å². The zero-order chi connectivity index (χ0) is 13.1. The fourth-order valence-electron chi connectivity index (χ4n) is 1.49. The molecule has 0 atom stereocenters. The van der Waals surface area contributed by atoms with Crippen LogP contribution in [0.25, 0.3) is 0 Å². The Morgan fingerprint density at radius 3 is 2.83 bits per heavy atom. The van der Waals surface area contributed by atoms with Crippen molar-refractivity contribution in [2.75, 3.05) is 5.32 Å². The summed E-state index contributed by atoms with van der Waals surface area (Å²) in [5, 5.41) is 12.1. The molecule has 1 aromatic heterocycles. The molecule has 6 heteroatoms. The summed E-state index contributed by atoms with van der Waals surface area (Å²) in [6.07, 6.45) is 1.37. The fourth-order valence-corrected chi connectivity index (χ4v) is 2.23. The van der Waals surface area contributed by atoms with E-state index in [9.17, 15) is 4.79 Å². The van der Waals surface area contributed by atoms with Gasteiger partial charge in [0.15, 0.2) is 0 Å². The van der Waals surface area contributed by atoms with Gasteiger partial charge >= 0.3 is 5.97 Å². The van der Waals surface area contributed by atoms with Crippen LogP contribution in [0.2, 0.25) is 0 Å². The van der Waals surface area contributed by atoms with Crippen molar-refractivity contribution in [2.45, 2.75) is 6.54 Å². The van der Waals surface area contributed by atoms with Crippen LogP contribution in [-0.4, -0.2) is 11.1 Å². The third-order valence-corrected chi connectivity index (χ3v) is 3.52. The molecule has 0 spiro atoms. The second-order valence-corrected chi connectivity index (χ2v) is 5.33. The summed E-state index contributed by atoms with van der Waals surface area (Å²) in [5.41, 5.74) is 1.48. The molecule has 0 aliphatic carbocycles. The molecule has 0 radical (unpaired) electrons. The van der Waals surface area contributed by atoms with Gasteiger partial charge in [-0.25, -0.2) is 4.79 Å². The number of carbonyl (C=O) groups is 1. The van der Waals surface area contributed by atoms with Crippen molar-refractivity contribution >= 4 is 43.5 Å². The second kappa shape index (κ2) is 5.58. The van der Waals surface area contributed by atoms with E-state index >= 15 is 0 Å². The molecule has 2 rings (SSSR count). The van der Waals surface area contributed by atoms with E-state index < -0.39 is 5.97 Å². The summed E-state index contributed by atoms with van der Waals surface area (Å²) in [6, 6.07) is 7.36. The Morgan fingerprint density at radius 2 is 2.11 bits per heavy atom. The van der Waals surface area contributed by atoms with Gasteiger partial charge in [-0.05, 0) is 40.2 Å². The number of benzene rings is 1. The fraction of sp³-hybridized carbons (Fsp3) is 0.0833. The van der Waals surface area contributed by atoms with Crippen LogP contribution in [0.4, 0.5) is 5.69 Å². The molecule has 18 heavy (non-hydrogen) atoms. The van der Waals surface area contributed by atoms with Crippen molar-refractivity contribution in [3.63, 3.8) is 0 Å². The van der Waals surface area contributed by atoms with Crippen LogP contribution in [0.3, 0.4) is 0 Å². The molecule has 94 valence electrons. The van der Waals surface area contributed by atoms with E-state index in [4.69, 9.17) is 9.52 Å². The summed E-state index contributed by atoms with van der Waals surface area (Å²) in [4.78, 5) is 10.9. The second-order valence-electron chi connectivity index (χ2n) is 3.56. The Morgan fingerprint density at radius 1 is 1.33 bits per heavy atom. The van der Waals surface area contributed by atoms with Crippen molar-refractivity contribution in [1.29, 1.82) is 0 Å². The Hall–Kier alpha value is -1.27. The molecule has 0 fully saturated rings. The van der Waals surface area contributed by atoms with Crippen LogP contribution >= 0.6 is 31.9 Å². The Kier molecular flexibility index (Phi) is 4.08. The number of halogens is 2. The average molecular weight is 375 g/mol. The summed E-state index contributed by atoms with van der Waals surface area (Å²) >= 11 is 6.80. The lowest BCUT2D eigenvalue weighted by atomic mass is 10.2. The van der Waals surface area contributed by atoms with E-state index in [2.05, 4.69) is 37.2 Å². The van der Waals surface area contributed by atoms with Gasteiger partial charge in [0.1, 0.15) is 0 Å². The molecule has 2 aromatic rings. The maximum absolute atomic E-state index is 10.9. The zero-order valence-corrected chi connectivity index (χ0v) is 12.3. The van der Waals surface area contributed by atoms with E-state index in [0.717, 1.165) is 14.6 Å². The summed E-state index contributed by atoms with van der Waals surface area (Å²) in [7, 11) is 0. The highest BCUT2D eigenvalue weighted by molar-refractivity contribution is 9.11. The zero-order valence-electron chi connectivity index (χ0n) is 9.11. The number of anilines is 1. The number of carboxylic acids is 1. The van der Waals surface area contributed by atoms with E-state index in [1.54, 1.807) is 6.07 Å². The summed E-state index contributed by atoms with van der Waals surface area (Å²) in [6.45, 7) is 0.382. The maximum atomic E-state index is 10.9. The number of aromatic carboxylic acids is 1.